The quantitative estimate of drug-likeness (QED) is 0.471. The van der Waals surface area contributed by atoms with Crippen LogP contribution in [0.1, 0.15) is 16.8 Å². The maximum atomic E-state index is 11.1. The number of nitro groups is 1. The van der Waals surface area contributed by atoms with Crippen molar-refractivity contribution in [3.8, 4) is 0 Å². The number of amides is 1. The lowest BCUT2D eigenvalue weighted by molar-refractivity contribution is -0.384. The third kappa shape index (κ3) is 4.18. The van der Waals surface area contributed by atoms with Crippen molar-refractivity contribution < 1.29 is 19.6 Å². The minimum atomic E-state index is -0.673. The van der Waals surface area contributed by atoms with E-state index in [2.05, 4.69) is 5.32 Å². The number of ether oxygens (including phenoxy) is 1. The zero-order valence-corrected chi connectivity index (χ0v) is 11.0. The van der Waals surface area contributed by atoms with Gasteiger partial charge in [-0.25, -0.2) is 0 Å². The van der Waals surface area contributed by atoms with Crippen LogP contribution >= 0.6 is 0 Å². The van der Waals surface area contributed by atoms with Crippen molar-refractivity contribution in [3.63, 3.8) is 0 Å². The highest BCUT2D eigenvalue weighted by Crippen LogP contribution is 2.26. The Bertz CT molecular complexity index is 486. The number of nitro benzene ring substituents is 1. The molecule has 8 heteroatoms. The molecule has 0 saturated carbocycles. The lowest BCUT2D eigenvalue weighted by Crippen LogP contribution is -2.26. The van der Waals surface area contributed by atoms with Gasteiger partial charge in [0.2, 0.25) is 5.91 Å². The molecular formula is C12H17N3O5. The smallest absolute Gasteiger partial charge is 0.292 e. The molecule has 1 atom stereocenters. The molecule has 0 fully saturated rings. The summed E-state index contributed by atoms with van der Waals surface area (Å²) >= 11 is 0. The van der Waals surface area contributed by atoms with Gasteiger partial charge in [-0.3, -0.25) is 14.9 Å². The third-order valence-electron chi connectivity index (χ3n) is 2.68. The molecule has 1 aromatic rings. The predicted molar refractivity (Wildman–Crippen MR) is 72.6 cm³/mol. The van der Waals surface area contributed by atoms with Gasteiger partial charge in [-0.2, -0.15) is 0 Å². The zero-order chi connectivity index (χ0) is 15.1. The number of hydrogen-bond donors (Lipinski definition) is 3. The SMILES string of the molecule is COCC(CCO)Nc1cc(C(N)=O)ccc1[N+](=O)[O-]. The average molecular weight is 283 g/mol. The van der Waals surface area contributed by atoms with Crippen LogP contribution in [-0.4, -0.2) is 42.3 Å². The van der Waals surface area contributed by atoms with Crippen molar-refractivity contribution in [1.82, 2.24) is 0 Å². The van der Waals surface area contributed by atoms with E-state index < -0.39 is 10.8 Å². The number of aliphatic hydroxyl groups is 1. The lowest BCUT2D eigenvalue weighted by Gasteiger charge is -2.18. The molecule has 0 aliphatic rings. The predicted octanol–water partition coefficient (Wildman–Crippen LogP) is 0.503. The van der Waals surface area contributed by atoms with Crippen LogP contribution in [0.15, 0.2) is 18.2 Å². The van der Waals surface area contributed by atoms with Gasteiger partial charge in [0, 0.05) is 25.3 Å². The number of methoxy groups -OCH3 is 1. The Hall–Kier alpha value is -2.19. The average Bonchev–Trinajstić information content (AvgIpc) is 2.38. The van der Waals surface area contributed by atoms with Crippen LogP contribution in [0.5, 0.6) is 0 Å². The molecule has 20 heavy (non-hydrogen) atoms. The van der Waals surface area contributed by atoms with Crippen molar-refractivity contribution in [3.05, 3.63) is 33.9 Å². The van der Waals surface area contributed by atoms with Crippen molar-refractivity contribution in [2.45, 2.75) is 12.5 Å². The number of rotatable bonds is 8. The number of nitrogens with one attached hydrogen (secondary N) is 1. The number of primary amides is 1. The van der Waals surface area contributed by atoms with Crippen LogP contribution in [0.2, 0.25) is 0 Å². The molecule has 4 N–H and O–H groups in total. The molecule has 0 heterocycles. The number of nitrogens with zero attached hydrogens (tertiary/aromatic N) is 1. The Kier molecular flexibility index (Phi) is 5.88. The standard InChI is InChI=1S/C12H17N3O5/c1-20-7-9(4-5-16)14-10-6-8(12(13)17)2-3-11(10)15(18)19/h2-3,6,9,14,16H,4-5,7H2,1H3,(H2,13,17). The van der Waals surface area contributed by atoms with Crippen molar-refractivity contribution in [2.75, 3.05) is 25.6 Å². The zero-order valence-electron chi connectivity index (χ0n) is 11.0. The first-order valence-corrected chi connectivity index (χ1v) is 5.94. The van der Waals surface area contributed by atoms with Gasteiger partial charge in [0.15, 0.2) is 0 Å². The number of nitrogens with two attached hydrogens (primary N) is 1. The van der Waals surface area contributed by atoms with E-state index >= 15 is 0 Å². The molecule has 0 spiro atoms. The van der Waals surface area contributed by atoms with E-state index in [0.29, 0.717) is 6.42 Å². The van der Waals surface area contributed by atoms with E-state index in [1.807, 2.05) is 0 Å². The molecule has 8 nitrogen and oxygen atoms in total. The van der Waals surface area contributed by atoms with Gasteiger partial charge in [0.05, 0.1) is 17.6 Å². The molecule has 0 aliphatic carbocycles. The van der Waals surface area contributed by atoms with Crippen molar-refractivity contribution in [1.29, 1.82) is 0 Å². The number of anilines is 1. The molecule has 0 aromatic heterocycles. The molecule has 0 bridgehead atoms. The second-order valence-corrected chi connectivity index (χ2v) is 4.16. The van der Waals surface area contributed by atoms with Crippen LogP contribution in [0.4, 0.5) is 11.4 Å². The summed E-state index contributed by atoms with van der Waals surface area (Å²) in [6.07, 6.45) is 0.353. The Morgan fingerprint density at radius 1 is 1.60 bits per heavy atom. The third-order valence-corrected chi connectivity index (χ3v) is 2.68. The summed E-state index contributed by atoms with van der Waals surface area (Å²) in [5.41, 5.74) is 5.32. The van der Waals surface area contributed by atoms with Gasteiger partial charge in [-0.05, 0) is 18.6 Å². The molecule has 0 radical (unpaired) electrons. The van der Waals surface area contributed by atoms with Gasteiger partial charge in [0.25, 0.3) is 5.69 Å². The topological polar surface area (TPSA) is 128 Å². The fraction of sp³-hybridized carbons (Fsp3) is 0.417. The van der Waals surface area contributed by atoms with Crippen LogP contribution in [0.25, 0.3) is 0 Å². The molecule has 1 amide bonds. The highest BCUT2D eigenvalue weighted by atomic mass is 16.6. The Morgan fingerprint density at radius 2 is 2.30 bits per heavy atom. The van der Waals surface area contributed by atoms with E-state index in [9.17, 15) is 14.9 Å². The molecule has 0 saturated heterocycles. The van der Waals surface area contributed by atoms with Gasteiger partial charge < -0.3 is 20.9 Å². The van der Waals surface area contributed by atoms with Crippen LogP contribution in [0.3, 0.4) is 0 Å². The van der Waals surface area contributed by atoms with Gasteiger partial charge in [-0.15, -0.1) is 0 Å². The number of hydrogen-bond acceptors (Lipinski definition) is 6. The van der Waals surface area contributed by atoms with Gasteiger partial charge in [0.1, 0.15) is 5.69 Å². The summed E-state index contributed by atoms with van der Waals surface area (Å²) < 4.78 is 4.97. The molecule has 1 rings (SSSR count). The van der Waals surface area contributed by atoms with Crippen LogP contribution in [0, 0.1) is 10.1 Å². The maximum Gasteiger partial charge on any atom is 0.292 e. The van der Waals surface area contributed by atoms with Crippen molar-refractivity contribution in [2.24, 2.45) is 5.73 Å². The summed E-state index contributed by atoms with van der Waals surface area (Å²) in [4.78, 5) is 21.5. The molecular weight excluding hydrogens is 266 g/mol. The van der Waals surface area contributed by atoms with Crippen LogP contribution in [-0.2, 0) is 4.74 Å². The number of aliphatic hydroxyl groups excluding tert-OH is 1. The summed E-state index contributed by atoms with van der Waals surface area (Å²) in [7, 11) is 1.49. The first kappa shape index (κ1) is 15.9. The summed E-state index contributed by atoms with van der Waals surface area (Å²) in [5.74, 6) is -0.673. The highest BCUT2D eigenvalue weighted by Gasteiger charge is 2.18. The summed E-state index contributed by atoms with van der Waals surface area (Å²) in [6, 6.07) is 3.52. The molecule has 1 aromatic carbocycles. The monoisotopic (exact) mass is 283 g/mol. The Labute approximate surface area is 115 Å². The molecule has 0 aliphatic heterocycles. The lowest BCUT2D eigenvalue weighted by atomic mass is 10.1. The Balaban J connectivity index is 3.07. The fourth-order valence-electron chi connectivity index (χ4n) is 1.74. The number of carbonyl (C=O) groups excluding carboxylic acids is 1. The number of carbonyl (C=O) groups is 1. The summed E-state index contributed by atoms with van der Waals surface area (Å²) in [6.45, 7) is 0.169. The second kappa shape index (κ2) is 7.41. The van der Waals surface area contributed by atoms with E-state index in [-0.39, 0.29) is 36.2 Å². The first-order chi connectivity index (χ1) is 9.49. The largest absolute Gasteiger partial charge is 0.396 e. The second-order valence-electron chi connectivity index (χ2n) is 4.16. The molecule has 1 unspecified atom stereocenters. The normalized spacial score (nSPS) is 11.9. The van der Waals surface area contributed by atoms with Crippen molar-refractivity contribution >= 4 is 17.3 Å². The fourth-order valence-corrected chi connectivity index (χ4v) is 1.74. The highest BCUT2D eigenvalue weighted by molar-refractivity contribution is 5.94. The molecule has 110 valence electrons. The van der Waals surface area contributed by atoms with Crippen LogP contribution < -0.4 is 11.1 Å². The van der Waals surface area contributed by atoms with E-state index in [0.717, 1.165) is 0 Å². The van der Waals surface area contributed by atoms with E-state index in [4.69, 9.17) is 15.6 Å². The number of benzene rings is 1. The summed E-state index contributed by atoms with van der Waals surface area (Å²) in [5, 5.41) is 22.8. The van der Waals surface area contributed by atoms with E-state index in [1.54, 1.807) is 0 Å². The van der Waals surface area contributed by atoms with Gasteiger partial charge >= 0.3 is 0 Å². The van der Waals surface area contributed by atoms with Gasteiger partial charge in [-0.1, -0.05) is 0 Å². The first-order valence-electron chi connectivity index (χ1n) is 5.94. The minimum absolute atomic E-state index is 0.0929. The maximum absolute atomic E-state index is 11.1. The van der Waals surface area contributed by atoms with E-state index in [1.165, 1.54) is 25.3 Å². The minimum Gasteiger partial charge on any atom is -0.396 e. The Morgan fingerprint density at radius 3 is 2.80 bits per heavy atom.